The summed E-state index contributed by atoms with van der Waals surface area (Å²) in [6, 6.07) is 53.1. The molecule has 0 atom stereocenters. The lowest BCUT2D eigenvalue weighted by Crippen LogP contribution is -2.00. The molecular formula is C46H26N4O2. The third kappa shape index (κ3) is 3.67. The van der Waals surface area contributed by atoms with E-state index in [-0.39, 0.29) is 0 Å². The zero-order chi connectivity index (χ0) is 33.9. The zero-order valence-corrected chi connectivity index (χ0v) is 27.6. The summed E-state index contributed by atoms with van der Waals surface area (Å²) < 4.78 is 17.7. The van der Waals surface area contributed by atoms with Crippen LogP contribution in [0.2, 0.25) is 0 Å². The molecule has 0 aliphatic rings. The van der Waals surface area contributed by atoms with Gasteiger partial charge in [-0.1, -0.05) is 97.1 Å². The fraction of sp³-hybridized carbons (Fsp3) is 0. The minimum absolute atomic E-state index is 0.600. The SMILES string of the molecule is c1ccc2c(c1)oc1c(-c3ccc4oc5cnc(-n6c7ccccc7c7ccccc76)nc5c4c3)c(-n3c4ccccc4c4ccccc43)ccc12. The first kappa shape index (κ1) is 27.6. The van der Waals surface area contributed by atoms with Crippen LogP contribution in [0.4, 0.5) is 0 Å². The smallest absolute Gasteiger partial charge is 0.235 e. The number of rotatable bonds is 3. The lowest BCUT2D eigenvalue weighted by Gasteiger charge is -2.15. The van der Waals surface area contributed by atoms with Crippen molar-refractivity contribution in [3.05, 3.63) is 158 Å². The van der Waals surface area contributed by atoms with Crippen LogP contribution >= 0.6 is 0 Å². The number of hydrogen-bond donors (Lipinski definition) is 0. The number of para-hydroxylation sites is 5. The molecule has 5 aromatic heterocycles. The third-order valence-electron chi connectivity index (χ3n) is 10.6. The summed E-state index contributed by atoms with van der Waals surface area (Å²) >= 11 is 0. The largest absolute Gasteiger partial charge is 0.455 e. The maximum Gasteiger partial charge on any atom is 0.235 e. The molecule has 6 nitrogen and oxygen atoms in total. The van der Waals surface area contributed by atoms with E-state index in [1.807, 2.05) is 18.2 Å². The van der Waals surface area contributed by atoms with Crippen LogP contribution in [0, 0.1) is 0 Å². The standard InChI is InChI=1S/C46H26N4O2/c1-6-16-35-28(11-1)29-12-2-7-17-36(29)49(35)39-23-22-33-32-15-5-10-20-40(32)52-45(33)43(39)27-21-24-41-34(25-27)44-42(51-41)26-47-46(48-44)50-37-18-8-3-13-30(37)31-14-4-9-19-38(31)50/h1-26H. The second-order valence-corrected chi connectivity index (χ2v) is 13.4. The topological polar surface area (TPSA) is 61.9 Å². The van der Waals surface area contributed by atoms with Gasteiger partial charge in [0.25, 0.3) is 0 Å². The predicted octanol–water partition coefficient (Wildman–Crippen LogP) is 12.1. The van der Waals surface area contributed by atoms with Crippen molar-refractivity contribution in [3.63, 3.8) is 0 Å². The Morgan fingerprint density at radius 2 is 0.981 bits per heavy atom. The molecule has 12 aromatic rings. The highest BCUT2D eigenvalue weighted by Crippen LogP contribution is 2.44. The number of benzene rings is 7. The van der Waals surface area contributed by atoms with Gasteiger partial charge in [0.1, 0.15) is 22.3 Å². The van der Waals surface area contributed by atoms with Crippen molar-refractivity contribution in [3.8, 4) is 22.8 Å². The van der Waals surface area contributed by atoms with E-state index >= 15 is 0 Å². The van der Waals surface area contributed by atoms with E-state index < -0.39 is 0 Å². The highest BCUT2D eigenvalue weighted by Gasteiger charge is 2.23. The summed E-state index contributed by atoms with van der Waals surface area (Å²) in [5.41, 5.74) is 11.3. The molecule has 7 aromatic carbocycles. The molecule has 0 aliphatic carbocycles. The fourth-order valence-electron chi connectivity index (χ4n) is 8.38. The van der Waals surface area contributed by atoms with E-state index in [1.54, 1.807) is 6.20 Å². The molecule has 0 aliphatic heterocycles. The highest BCUT2D eigenvalue weighted by molar-refractivity contribution is 6.15. The Bertz CT molecular complexity index is 3330. The lowest BCUT2D eigenvalue weighted by atomic mass is 9.98. The van der Waals surface area contributed by atoms with E-state index in [9.17, 15) is 0 Å². The number of aromatic nitrogens is 4. The van der Waals surface area contributed by atoms with Gasteiger partial charge in [-0.2, -0.15) is 0 Å². The van der Waals surface area contributed by atoms with Gasteiger partial charge in [0, 0.05) is 43.3 Å². The van der Waals surface area contributed by atoms with Crippen molar-refractivity contribution in [2.45, 2.75) is 0 Å². The maximum absolute atomic E-state index is 6.77. The molecule has 0 saturated carbocycles. The Morgan fingerprint density at radius 1 is 0.423 bits per heavy atom. The van der Waals surface area contributed by atoms with Crippen LogP contribution in [0.1, 0.15) is 0 Å². The molecule has 0 radical (unpaired) electrons. The van der Waals surface area contributed by atoms with E-state index in [4.69, 9.17) is 18.8 Å². The summed E-state index contributed by atoms with van der Waals surface area (Å²) in [5, 5.41) is 7.82. The van der Waals surface area contributed by atoms with Crippen molar-refractivity contribution in [1.29, 1.82) is 0 Å². The molecule has 0 saturated heterocycles. The Balaban J connectivity index is 1.16. The minimum Gasteiger partial charge on any atom is -0.455 e. The molecule has 0 unspecified atom stereocenters. The van der Waals surface area contributed by atoms with E-state index in [0.29, 0.717) is 11.5 Å². The van der Waals surface area contributed by atoms with Crippen LogP contribution in [0.3, 0.4) is 0 Å². The molecule has 0 N–H and O–H groups in total. The predicted molar refractivity (Wildman–Crippen MR) is 211 cm³/mol. The maximum atomic E-state index is 6.77. The Labute approximate surface area is 295 Å². The van der Waals surface area contributed by atoms with Crippen LogP contribution in [-0.2, 0) is 0 Å². The van der Waals surface area contributed by atoms with Gasteiger partial charge in [-0.05, 0) is 60.2 Å². The normalized spacial score (nSPS) is 12.2. The van der Waals surface area contributed by atoms with Gasteiger partial charge in [0.05, 0.1) is 34.0 Å². The van der Waals surface area contributed by atoms with Crippen LogP contribution in [0.15, 0.2) is 167 Å². The fourth-order valence-corrected chi connectivity index (χ4v) is 8.38. The molecule has 0 bridgehead atoms. The van der Waals surface area contributed by atoms with Gasteiger partial charge < -0.3 is 13.4 Å². The average Bonchev–Trinajstić information content (AvgIpc) is 3.95. The first-order chi connectivity index (χ1) is 25.8. The zero-order valence-electron chi connectivity index (χ0n) is 27.6. The van der Waals surface area contributed by atoms with Gasteiger partial charge in [-0.3, -0.25) is 4.57 Å². The molecule has 52 heavy (non-hydrogen) atoms. The van der Waals surface area contributed by atoms with Gasteiger partial charge in [0.15, 0.2) is 5.58 Å². The first-order valence-electron chi connectivity index (χ1n) is 17.4. The quantitative estimate of drug-likeness (QED) is 0.188. The Morgan fingerprint density at radius 3 is 1.63 bits per heavy atom. The molecule has 6 heteroatoms. The minimum atomic E-state index is 0.600. The molecular weight excluding hydrogens is 641 g/mol. The van der Waals surface area contributed by atoms with Crippen LogP contribution in [0.5, 0.6) is 0 Å². The second-order valence-electron chi connectivity index (χ2n) is 13.4. The Kier molecular flexibility index (Phi) is 5.41. The lowest BCUT2D eigenvalue weighted by molar-refractivity contribution is 0.665. The van der Waals surface area contributed by atoms with Gasteiger partial charge >= 0.3 is 0 Å². The van der Waals surface area contributed by atoms with E-state index in [2.05, 4.69) is 143 Å². The number of fused-ring (bicyclic) bond motifs is 12. The van der Waals surface area contributed by atoms with Crippen molar-refractivity contribution < 1.29 is 8.83 Å². The number of furan rings is 2. The van der Waals surface area contributed by atoms with Gasteiger partial charge in [-0.25, -0.2) is 9.97 Å². The molecule has 12 rings (SSSR count). The average molecular weight is 667 g/mol. The molecule has 242 valence electrons. The van der Waals surface area contributed by atoms with Gasteiger partial charge in [0.2, 0.25) is 5.95 Å². The molecule has 0 amide bonds. The number of nitrogens with zero attached hydrogens (tertiary/aromatic N) is 4. The van der Waals surface area contributed by atoms with Crippen molar-refractivity contribution in [2.75, 3.05) is 0 Å². The number of hydrogen-bond acceptors (Lipinski definition) is 4. The monoisotopic (exact) mass is 666 g/mol. The Hall–Kier alpha value is -7.18. The first-order valence-corrected chi connectivity index (χ1v) is 17.4. The van der Waals surface area contributed by atoms with E-state index in [0.717, 1.165) is 88.1 Å². The summed E-state index contributed by atoms with van der Waals surface area (Å²) in [6.45, 7) is 0. The summed E-state index contributed by atoms with van der Waals surface area (Å²) in [4.78, 5) is 10.1. The van der Waals surface area contributed by atoms with Crippen LogP contribution in [0.25, 0.3) is 110 Å². The molecule has 0 spiro atoms. The third-order valence-corrected chi connectivity index (χ3v) is 10.6. The summed E-state index contributed by atoms with van der Waals surface area (Å²) in [7, 11) is 0. The summed E-state index contributed by atoms with van der Waals surface area (Å²) in [5.74, 6) is 0.600. The van der Waals surface area contributed by atoms with Crippen LogP contribution in [-0.4, -0.2) is 19.1 Å². The van der Waals surface area contributed by atoms with E-state index in [1.165, 1.54) is 10.8 Å². The van der Waals surface area contributed by atoms with Crippen molar-refractivity contribution in [1.82, 2.24) is 19.1 Å². The molecule has 5 heterocycles. The second kappa shape index (κ2) is 10.2. The molecule has 0 fully saturated rings. The van der Waals surface area contributed by atoms with Crippen LogP contribution < -0.4 is 0 Å². The highest BCUT2D eigenvalue weighted by atomic mass is 16.3. The van der Waals surface area contributed by atoms with Crippen molar-refractivity contribution >= 4 is 87.6 Å². The van der Waals surface area contributed by atoms with Gasteiger partial charge in [-0.15, -0.1) is 0 Å². The van der Waals surface area contributed by atoms with Crippen molar-refractivity contribution in [2.24, 2.45) is 0 Å². The summed E-state index contributed by atoms with van der Waals surface area (Å²) in [6.07, 6.45) is 1.80.